The van der Waals surface area contributed by atoms with E-state index in [1.54, 1.807) is 30.3 Å². The highest BCUT2D eigenvalue weighted by Gasteiger charge is 2.32. The molecule has 9 nitrogen and oxygen atoms in total. The highest BCUT2D eigenvalue weighted by molar-refractivity contribution is 7.90. The highest BCUT2D eigenvalue weighted by Crippen LogP contribution is 2.34. The summed E-state index contributed by atoms with van der Waals surface area (Å²) in [5, 5.41) is 0. The molecule has 47 heavy (non-hydrogen) atoms. The number of methoxy groups -OCH3 is 1. The lowest BCUT2D eigenvalue weighted by atomic mass is 9.96. The predicted molar refractivity (Wildman–Crippen MR) is 182 cm³/mol. The molecule has 3 aromatic rings. The molecule has 1 unspecified atom stereocenters. The van der Waals surface area contributed by atoms with Crippen LogP contribution in [0.25, 0.3) is 0 Å². The fraction of sp³-hybridized carbons (Fsp3) is 0.459. The van der Waals surface area contributed by atoms with E-state index in [-0.39, 0.29) is 34.5 Å². The average Bonchev–Trinajstić information content (AvgIpc) is 3.77. The zero-order chi connectivity index (χ0) is 33.1. The third-order valence-corrected chi connectivity index (χ3v) is 11.4. The largest absolute Gasteiger partial charge is 0.495 e. The van der Waals surface area contributed by atoms with E-state index in [0.29, 0.717) is 43.1 Å². The van der Waals surface area contributed by atoms with Crippen molar-refractivity contribution in [3.05, 3.63) is 82.9 Å². The van der Waals surface area contributed by atoms with Crippen LogP contribution in [0.2, 0.25) is 0 Å². The number of hydrogen-bond acceptors (Lipinski definition) is 7. The molecule has 2 amide bonds. The van der Waals surface area contributed by atoms with Crippen LogP contribution >= 0.6 is 0 Å². The molecule has 3 heterocycles. The Morgan fingerprint density at radius 1 is 0.830 bits per heavy atom. The summed E-state index contributed by atoms with van der Waals surface area (Å²) < 4.78 is 39.5. The Hall–Kier alpha value is -4.05. The minimum Gasteiger partial charge on any atom is -0.495 e. The second kappa shape index (κ2) is 14.0. The van der Waals surface area contributed by atoms with E-state index in [9.17, 15) is 18.0 Å². The van der Waals surface area contributed by atoms with Gasteiger partial charge in [0.2, 0.25) is 5.91 Å². The Morgan fingerprint density at radius 2 is 1.57 bits per heavy atom. The Balaban J connectivity index is 1.13. The van der Waals surface area contributed by atoms with Crippen LogP contribution in [0.4, 0.5) is 5.69 Å². The van der Waals surface area contributed by atoms with Gasteiger partial charge in [-0.25, -0.2) is 8.42 Å². The van der Waals surface area contributed by atoms with Gasteiger partial charge < -0.3 is 24.2 Å². The van der Waals surface area contributed by atoms with Crippen molar-refractivity contribution >= 4 is 27.3 Å². The molecule has 0 spiro atoms. The SMILES string of the molecule is COc1ccc(N2CCCC(C(=O)N3CCCC3)C2)cc1S(=O)(=O)Cc1cccc(O[C@H]2CCN(C(=O)c3c(C)cccc3C)C2)c1. The maximum absolute atomic E-state index is 13.9. The molecule has 3 fully saturated rings. The van der Waals surface area contributed by atoms with Crippen LogP contribution in [0.5, 0.6) is 11.5 Å². The van der Waals surface area contributed by atoms with Crippen LogP contribution in [-0.2, 0) is 20.4 Å². The van der Waals surface area contributed by atoms with Gasteiger partial charge in [-0.05, 0) is 86.6 Å². The summed E-state index contributed by atoms with van der Waals surface area (Å²) in [6.07, 6.45) is 4.37. The molecule has 250 valence electrons. The molecule has 0 aromatic heterocycles. The van der Waals surface area contributed by atoms with Crippen LogP contribution in [0, 0.1) is 19.8 Å². The van der Waals surface area contributed by atoms with Gasteiger partial charge in [0.25, 0.3) is 5.91 Å². The summed E-state index contributed by atoms with van der Waals surface area (Å²) in [4.78, 5) is 32.5. The monoisotopic (exact) mass is 659 g/mol. The minimum absolute atomic E-state index is 0.0148. The van der Waals surface area contributed by atoms with Crippen LogP contribution in [0.3, 0.4) is 0 Å². The number of rotatable bonds is 9. The zero-order valence-electron chi connectivity index (χ0n) is 27.6. The number of likely N-dealkylation sites (tertiary alicyclic amines) is 2. The van der Waals surface area contributed by atoms with Crippen LogP contribution < -0.4 is 14.4 Å². The van der Waals surface area contributed by atoms with Crippen molar-refractivity contribution in [3.63, 3.8) is 0 Å². The van der Waals surface area contributed by atoms with Crippen molar-refractivity contribution in [2.24, 2.45) is 5.92 Å². The van der Waals surface area contributed by atoms with Gasteiger partial charge in [-0.2, -0.15) is 0 Å². The number of benzene rings is 3. The van der Waals surface area contributed by atoms with Gasteiger partial charge in [0.1, 0.15) is 22.5 Å². The van der Waals surface area contributed by atoms with Crippen molar-refractivity contribution in [2.75, 3.05) is 51.3 Å². The number of ether oxygens (including phenoxy) is 2. The van der Waals surface area contributed by atoms with Gasteiger partial charge in [0.15, 0.2) is 9.84 Å². The van der Waals surface area contributed by atoms with Gasteiger partial charge in [0, 0.05) is 50.4 Å². The van der Waals surface area contributed by atoms with Gasteiger partial charge in [0.05, 0.1) is 25.3 Å². The molecule has 0 bridgehead atoms. The second-order valence-electron chi connectivity index (χ2n) is 13.1. The van der Waals surface area contributed by atoms with Crippen molar-refractivity contribution < 1.29 is 27.5 Å². The predicted octanol–water partition coefficient (Wildman–Crippen LogP) is 5.42. The first-order valence-electron chi connectivity index (χ1n) is 16.7. The molecular formula is C37H45N3O6S. The molecule has 0 N–H and O–H groups in total. The first kappa shape index (κ1) is 32.9. The molecule has 3 saturated heterocycles. The summed E-state index contributed by atoms with van der Waals surface area (Å²) in [7, 11) is -2.32. The van der Waals surface area contributed by atoms with Gasteiger partial charge in [-0.1, -0.05) is 30.3 Å². The number of nitrogens with zero attached hydrogens (tertiary/aromatic N) is 3. The lowest BCUT2D eigenvalue weighted by molar-refractivity contribution is -0.134. The quantitative estimate of drug-likeness (QED) is 0.303. The van der Waals surface area contributed by atoms with Crippen molar-refractivity contribution in [3.8, 4) is 11.5 Å². The number of sulfone groups is 1. The molecule has 10 heteroatoms. The molecular weight excluding hydrogens is 614 g/mol. The summed E-state index contributed by atoms with van der Waals surface area (Å²) >= 11 is 0. The minimum atomic E-state index is -3.80. The van der Waals surface area contributed by atoms with Crippen LogP contribution in [0.15, 0.2) is 65.6 Å². The lowest BCUT2D eigenvalue weighted by Crippen LogP contribution is -2.44. The maximum atomic E-state index is 13.9. The van der Waals surface area contributed by atoms with Gasteiger partial charge in [-0.15, -0.1) is 0 Å². The zero-order valence-corrected chi connectivity index (χ0v) is 28.4. The van der Waals surface area contributed by atoms with E-state index in [1.807, 2.05) is 54.0 Å². The number of amides is 2. The van der Waals surface area contributed by atoms with E-state index in [1.165, 1.54) is 7.11 Å². The summed E-state index contributed by atoms with van der Waals surface area (Å²) in [5.41, 5.74) is 4.05. The number of anilines is 1. The van der Waals surface area contributed by atoms with E-state index in [0.717, 1.165) is 67.7 Å². The number of aryl methyl sites for hydroxylation is 2. The second-order valence-corrected chi connectivity index (χ2v) is 15.1. The first-order chi connectivity index (χ1) is 22.6. The Kier molecular flexibility index (Phi) is 9.77. The van der Waals surface area contributed by atoms with Crippen LogP contribution in [0.1, 0.15) is 59.2 Å². The fourth-order valence-corrected chi connectivity index (χ4v) is 8.76. The maximum Gasteiger partial charge on any atom is 0.254 e. The Morgan fingerprint density at radius 3 is 2.32 bits per heavy atom. The molecule has 3 aliphatic heterocycles. The third kappa shape index (κ3) is 7.27. The molecule has 3 aliphatic rings. The molecule has 2 atom stereocenters. The smallest absolute Gasteiger partial charge is 0.254 e. The summed E-state index contributed by atoms with van der Waals surface area (Å²) in [6.45, 7) is 8.00. The van der Waals surface area contributed by atoms with Crippen molar-refractivity contribution in [1.29, 1.82) is 0 Å². The Bertz CT molecular complexity index is 1720. The van der Waals surface area contributed by atoms with E-state index >= 15 is 0 Å². The van der Waals surface area contributed by atoms with Crippen molar-refractivity contribution in [2.45, 2.75) is 62.7 Å². The van der Waals surface area contributed by atoms with Crippen molar-refractivity contribution in [1.82, 2.24) is 9.80 Å². The number of piperidine rings is 1. The van der Waals surface area contributed by atoms with Gasteiger partial charge >= 0.3 is 0 Å². The molecule has 6 rings (SSSR count). The van der Waals surface area contributed by atoms with Crippen LogP contribution in [-0.4, -0.2) is 82.5 Å². The number of carbonyl (C=O) groups excluding carboxylic acids is 2. The first-order valence-corrected chi connectivity index (χ1v) is 18.3. The average molecular weight is 660 g/mol. The summed E-state index contributed by atoms with van der Waals surface area (Å²) in [5.74, 6) is 0.801. The Labute approximate surface area is 278 Å². The van der Waals surface area contributed by atoms with E-state index in [2.05, 4.69) is 4.90 Å². The fourth-order valence-electron chi connectivity index (χ4n) is 7.23. The highest BCUT2D eigenvalue weighted by atomic mass is 32.2. The topological polar surface area (TPSA) is 96.5 Å². The lowest BCUT2D eigenvalue weighted by Gasteiger charge is -2.35. The normalized spacial score (nSPS) is 20.0. The standard InChI is InChI=1S/C37H45N3O6S/c1-26-9-6-10-27(2)35(26)37(42)40-20-16-32(24-40)46-31-13-7-11-28(21-31)25-47(43,44)34-22-30(14-15-33(34)45-3)39-19-8-12-29(23-39)36(41)38-17-4-5-18-38/h6-7,9-11,13-15,21-22,29,32H,4-5,8,12,16-20,23-25H2,1-3H3/t29?,32-/m0/s1. The van der Waals surface area contributed by atoms with E-state index < -0.39 is 9.84 Å². The van der Waals surface area contributed by atoms with Gasteiger partial charge in [-0.3, -0.25) is 9.59 Å². The molecule has 0 radical (unpaired) electrons. The third-order valence-electron chi connectivity index (χ3n) is 9.72. The molecule has 0 saturated carbocycles. The van der Waals surface area contributed by atoms with E-state index in [4.69, 9.17) is 9.47 Å². The number of hydrogen-bond donors (Lipinski definition) is 0. The molecule has 0 aliphatic carbocycles. The molecule has 3 aromatic carbocycles. The summed E-state index contributed by atoms with van der Waals surface area (Å²) in [6, 6.07) is 18.3. The number of carbonyl (C=O) groups is 2.